The second-order valence-electron chi connectivity index (χ2n) is 9.58. The zero-order valence-electron chi connectivity index (χ0n) is 21.4. The number of halogens is 1. The van der Waals surface area contributed by atoms with Crippen molar-refractivity contribution in [3.05, 3.63) is 89.5 Å². The first-order chi connectivity index (χ1) is 18.7. The Morgan fingerprint density at radius 2 is 1.45 bits per heavy atom. The molecular formula is C30H30FN3O4. The zero-order valence-corrected chi connectivity index (χ0v) is 21.4. The third kappa shape index (κ3) is 5.04. The lowest BCUT2D eigenvalue weighted by atomic mass is 10.1. The minimum Gasteiger partial charge on any atom is -0.454 e. The summed E-state index contributed by atoms with van der Waals surface area (Å²) in [4.78, 5) is 7.03. The van der Waals surface area contributed by atoms with Gasteiger partial charge in [-0.1, -0.05) is 37.6 Å². The van der Waals surface area contributed by atoms with Crippen molar-refractivity contribution in [1.29, 1.82) is 0 Å². The van der Waals surface area contributed by atoms with Crippen LogP contribution in [0, 0.1) is 5.82 Å². The number of nitrogens with zero attached hydrogens (tertiary/aromatic N) is 3. The van der Waals surface area contributed by atoms with Crippen LogP contribution in [0.1, 0.15) is 36.6 Å². The fourth-order valence-corrected chi connectivity index (χ4v) is 4.95. The van der Waals surface area contributed by atoms with Gasteiger partial charge in [0.1, 0.15) is 11.6 Å². The maximum absolute atomic E-state index is 14.7. The quantitative estimate of drug-likeness (QED) is 0.253. The third-order valence-corrected chi connectivity index (χ3v) is 6.86. The van der Waals surface area contributed by atoms with Crippen molar-refractivity contribution in [2.75, 3.05) is 13.6 Å². The predicted molar refractivity (Wildman–Crippen MR) is 141 cm³/mol. The first kappa shape index (κ1) is 24.3. The molecule has 0 bridgehead atoms. The summed E-state index contributed by atoms with van der Waals surface area (Å²) in [7, 11) is 0. The van der Waals surface area contributed by atoms with E-state index >= 15 is 0 Å². The number of imidazole rings is 1. The molecule has 3 aromatic carbocycles. The molecule has 38 heavy (non-hydrogen) atoms. The van der Waals surface area contributed by atoms with Crippen LogP contribution in [0.2, 0.25) is 0 Å². The first-order valence-corrected chi connectivity index (χ1v) is 13.0. The standard InChI is InChI=1S/C30H30FN3O4/c1-2-3-12-34-23(15-32-30(34)24-6-4-5-7-25(24)31)18-33(16-21-8-10-26-28(13-21)37-19-35-26)17-22-9-11-27-29(14-22)38-20-36-27/h4-11,13-15H,2-3,12,16-20H2,1H3. The van der Waals surface area contributed by atoms with E-state index in [4.69, 9.17) is 18.9 Å². The second kappa shape index (κ2) is 10.8. The molecule has 2 aliphatic heterocycles. The van der Waals surface area contributed by atoms with Crippen LogP contribution in [-0.4, -0.2) is 28.0 Å². The molecule has 196 valence electrons. The average molecular weight is 516 g/mol. The number of fused-ring (bicyclic) bond motifs is 2. The van der Waals surface area contributed by atoms with E-state index in [0.29, 0.717) is 31.0 Å². The number of hydrogen-bond acceptors (Lipinski definition) is 6. The number of rotatable bonds is 10. The Kier molecular flexibility index (Phi) is 6.88. The van der Waals surface area contributed by atoms with E-state index in [1.165, 1.54) is 6.07 Å². The van der Waals surface area contributed by atoms with E-state index in [9.17, 15) is 4.39 Å². The molecule has 8 heteroatoms. The summed E-state index contributed by atoms with van der Waals surface area (Å²) in [6, 6.07) is 19.0. The lowest BCUT2D eigenvalue weighted by molar-refractivity contribution is 0.173. The Hall–Kier alpha value is -4.04. The summed E-state index contributed by atoms with van der Waals surface area (Å²) in [5.74, 6) is 3.46. The Morgan fingerprint density at radius 3 is 2.08 bits per heavy atom. The SMILES string of the molecule is CCCCn1c(CN(Cc2ccc3c(c2)OCO3)Cc2ccc3c(c2)OCO3)cnc1-c1ccccc1F. The van der Waals surface area contributed by atoms with Crippen LogP contribution in [0.25, 0.3) is 11.4 Å². The van der Waals surface area contributed by atoms with Crippen molar-refractivity contribution in [1.82, 2.24) is 14.5 Å². The van der Waals surface area contributed by atoms with Crippen molar-refractivity contribution in [3.8, 4) is 34.4 Å². The Bertz CT molecular complexity index is 1380. The number of benzene rings is 3. The first-order valence-electron chi connectivity index (χ1n) is 13.0. The highest BCUT2D eigenvalue weighted by Crippen LogP contribution is 2.35. The smallest absolute Gasteiger partial charge is 0.231 e. The van der Waals surface area contributed by atoms with Crippen molar-refractivity contribution in [2.24, 2.45) is 0 Å². The molecule has 0 fully saturated rings. The molecule has 4 aromatic rings. The van der Waals surface area contributed by atoms with Gasteiger partial charge in [-0.25, -0.2) is 9.37 Å². The fourth-order valence-electron chi connectivity index (χ4n) is 4.95. The highest BCUT2D eigenvalue weighted by atomic mass is 19.1. The van der Waals surface area contributed by atoms with Gasteiger partial charge in [0.2, 0.25) is 13.6 Å². The van der Waals surface area contributed by atoms with Gasteiger partial charge in [-0.05, 0) is 53.9 Å². The molecule has 0 radical (unpaired) electrons. The van der Waals surface area contributed by atoms with Gasteiger partial charge < -0.3 is 23.5 Å². The topological polar surface area (TPSA) is 58.0 Å². The van der Waals surface area contributed by atoms with Crippen LogP contribution in [0.5, 0.6) is 23.0 Å². The predicted octanol–water partition coefficient (Wildman–Crippen LogP) is 6.15. The molecule has 0 unspecified atom stereocenters. The van der Waals surface area contributed by atoms with Crippen LogP contribution >= 0.6 is 0 Å². The summed E-state index contributed by atoms with van der Waals surface area (Å²) in [6.07, 6.45) is 3.89. The maximum atomic E-state index is 14.7. The molecule has 0 spiro atoms. The molecule has 7 nitrogen and oxygen atoms in total. The maximum Gasteiger partial charge on any atom is 0.231 e. The molecule has 6 rings (SSSR count). The number of unbranched alkanes of at least 4 members (excludes halogenated alkanes) is 1. The molecule has 0 saturated heterocycles. The van der Waals surface area contributed by atoms with Crippen LogP contribution in [0.3, 0.4) is 0 Å². The molecule has 0 aliphatic carbocycles. The van der Waals surface area contributed by atoms with Gasteiger partial charge >= 0.3 is 0 Å². The van der Waals surface area contributed by atoms with Gasteiger partial charge in [0.05, 0.1) is 17.5 Å². The largest absolute Gasteiger partial charge is 0.454 e. The van der Waals surface area contributed by atoms with Crippen molar-refractivity contribution in [3.63, 3.8) is 0 Å². The van der Waals surface area contributed by atoms with Gasteiger partial charge in [0.15, 0.2) is 23.0 Å². The van der Waals surface area contributed by atoms with Gasteiger partial charge in [0.25, 0.3) is 0 Å². The Balaban J connectivity index is 1.32. The van der Waals surface area contributed by atoms with Crippen LogP contribution in [0.4, 0.5) is 4.39 Å². The van der Waals surface area contributed by atoms with Gasteiger partial charge in [-0.3, -0.25) is 4.90 Å². The molecule has 0 atom stereocenters. The molecule has 0 amide bonds. The molecule has 3 heterocycles. The van der Waals surface area contributed by atoms with Crippen LogP contribution in [0.15, 0.2) is 66.9 Å². The van der Waals surface area contributed by atoms with E-state index < -0.39 is 0 Å². The van der Waals surface area contributed by atoms with Crippen molar-refractivity contribution >= 4 is 0 Å². The number of aromatic nitrogens is 2. The highest BCUT2D eigenvalue weighted by Gasteiger charge is 2.20. The Morgan fingerprint density at radius 1 is 0.816 bits per heavy atom. The van der Waals surface area contributed by atoms with Crippen LogP contribution < -0.4 is 18.9 Å². The average Bonchev–Trinajstić information content (AvgIpc) is 3.67. The number of hydrogen-bond donors (Lipinski definition) is 0. The monoisotopic (exact) mass is 515 g/mol. The van der Waals surface area contributed by atoms with Crippen molar-refractivity contribution in [2.45, 2.75) is 45.9 Å². The second-order valence-corrected chi connectivity index (χ2v) is 9.58. The lowest BCUT2D eigenvalue weighted by Crippen LogP contribution is -2.24. The van der Waals surface area contributed by atoms with Gasteiger partial charge in [0, 0.05) is 26.2 Å². The number of ether oxygens (including phenoxy) is 4. The summed E-state index contributed by atoms with van der Waals surface area (Å²) in [5, 5.41) is 0. The van der Waals surface area contributed by atoms with Crippen molar-refractivity contribution < 1.29 is 23.3 Å². The third-order valence-electron chi connectivity index (χ3n) is 6.86. The minimum atomic E-state index is -0.264. The normalized spacial score (nSPS) is 13.4. The Labute approximate surface area is 221 Å². The summed E-state index contributed by atoms with van der Waals surface area (Å²) in [6.45, 7) is 5.42. The van der Waals surface area contributed by atoms with E-state index in [2.05, 4.69) is 33.5 Å². The van der Waals surface area contributed by atoms with Gasteiger partial charge in [-0.15, -0.1) is 0 Å². The van der Waals surface area contributed by atoms with E-state index in [1.807, 2.05) is 36.5 Å². The summed E-state index contributed by atoms with van der Waals surface area (Å²) >= 11 is 0. The molecule has 2 aliphatic rings. The minimum absolute atomic E-state index is 0.245. The van der Waals surface area contributed by atoms with E-state index in [0.717, 1.165) is 59.2 Å². The molecule has 0 saturated carbocycles. The lowest BCUT2D eigenvalue weighted by Gasteiger charge is -2.24. The van der Waals surface area contributed by atoms with Gasteiger partial charge in [-0.2, -0.15) is 0 Å². The van der Waals surface area contributed by atoms with Crippen LogP contribution in [-0.2, 0) is 26.2 Å². The molecular weight excluding hydrogens is 485 g/mol. The summed E-state index contributed by atoms with van der Waals surface area (Å²) < 4.78 is 39.1. The fraction of sp³-hybridized carbons (Fsp3) is 0.300. The summed E-state index contributed by atoms with van der Waals surface area (Å²) in [5.41, 5.74) is 3.79. The molecule has 0 N–H and O–H groups in total. The van der Waals surface area contributed by atoms with E-state index in [-0.39, 0.29) is 19.4 Å². The highest BCUT2D eigenvalue weighted by molar-refractivity contribution is 5.57. The molecule has 1 aromatic heterocycles. The van der Waals surface area contributed by atoms with E-state index in [1.54, 1.807) is 12.1 Å². The zero-order chi connectivity index (χ0) is 25.9.